The van der Waals surface area contributed by atoms with E-state index < -0.39 is 5.97 Å². The molecule has 6 nitrogen and oxygen atoms in total. The molecular formula is C13H13N3O3. The maximum absolute atomic E-state index is 10.6. The number of benzene rings is 1. The summed E-state index contributed by atoms with van der Waals surface area (Å²) in [6, 6.07) is 9.09. The number of hydrogen-bond acceptors (Lipinski definition) is 5. The topological polar surface area (TPSA) is 95.3 Å². The molecule has 1 heterocycles. The summed E-state index contributed by atoms with van der Waals surface area (Å²) in [4.78, 5) is 18.3. The van der Waals surface area contributed by atoms with Crippen LogP contribution in [-0.4, -0.2) is 32.8 Å². The average molecular weight is 259 g/mol. The second-order valence-electron chi connectivity index (χ2n) is 3.88. The molecule has 19 heavy (non-hydrogen) atoms. The zero-order valence-electron chi connectivity index (χ0n) is 10.0. The fourth-order valence-electron chi connectivity index (χ4n) is 1.61. The van der Waals surface area contributed by atoms with E-state index in [4.69, 9.17) is 5.11 Å². The molecule has 3 N–H and O–H groups in total. The molecule has 0 fully saturated rings. The zero-order chi connectivity index (χ0) is 13.7. The quantitative estimate of drug-likeness (QED) is 0.749. The summed E-state index contributed by atoms with van der Waals surface area (Å²) in [5.41, 5.74) is 0.792. The van der Waals surface area contributed by atoms with Gasteiger partial charge in [-0.25, -0.2) is 14.8 Å². The minimum Gasteiger partial charge on any atom is -0.476 e. The van der Waals surface area contributed by atoms with Crippen LogP contribution in [0.3, 0.4) is 0 Å². The molecule has 98 valence electrons. The Hall–Kier alpha value is -2.47. The minimum absolute atomic E-state index is 0.105. The van der Waals surface area contributed by atoms with Crippen molar-refractivity contribution in [2.24, 2.45) is 0 Å². The lowest BCUT2D eigenvalue weighted by Gasteiger charge is -2.16. The Morgan fingerprint density at radius 1 is 1.21 bits per heavy atom. The molecule has 0 saturated carbocycles. The minimum atomic E-state index is -1.12. The number of hydrogen-bond donors (Lipinski definition) is 3. The van der Waals surface area contributed by atoms with Gasteiger partial charge in [-0.2, -0.15) is 0 Å². The van der Waals surface area contributed by atoms with Gasteiger partial charge in [-0.1, -0.05) is 30.3 Å². The van der Waals surface area contributed by atoms with Crippen LogP contribution in [0.25, 0.3) is 0 Å². The van der Waals surface area contributed by atoms with Crippen LogP contribution in [0.15, 0.2) is 42.7 Å². The van der Waals surface area contributed by atoms with Gasteiger partial charge in [0, 0.05) is 0 Å². The summed E-state index contributed by atoms with van der Waals surface area (Å²) in [6.45, 7) is -0.105. The fraction of sp³-hybridized carbons (Fsp3) is 0.154. The number of nitrogens with one attached hydrogen (secondary N) is 1. The number of carboxylic acids is 1. The van der Waals surface area contributed by atoms with Crippen molar-refractivity contribution in [3.05, 3.63) is 54.0 Å². The van der Waals surface area contributed by atoms with Crippen molar-refractivity contribution in [1.29, 1.82) is 0 Å². The molecule has 0 aliphatic heterocycles. The number of aliphatic hydroxyl groups is 1. The van der Waals surface area contributed by atoms with E-state index >= 15 is 0 Å². The summed E-state index contributed by atoms with van der Waals surface area (Å²) in [6.07, 6.45) is 2.50. The molecular weight excluding hydrogens is 246 g/mol. The number of anilines is 1. The lowest BCUT2D eigenvalue weighted by molar-refractivity contribution is 0.0690. The Bertz CT molecular complexity index is 543. The summed E-state index contributed by atoms with van der Waals surface area (Å²) >= 11 is 0. The first-order valence-corrected chi connectivity index (χ1v) is 5.68. The molecule has 0 aliphatic rings. The van der Waals surface area contributed by atoms with E-state index in [1.807, 2.05) is 30.3 Å². The maximum atomic E-state index is 10.6. The largest absolute Gasteiger partial charge is 0.476 e. The van der Waals surface area contributed by atoms with Crippen molar-refractivity contribution in [2.75, 3.05) is 11.9 Å². The summed E-state index contributed by atoms with van der Waals surface area (Å²) in [5, 5.41) is 21.1. The van der Waals surface area contributed by atoms with Crippen LogP contribution in [0.2, 0.25) is 0 Å². The Balaban J connectivity index is 2.12. The Morgan fingerprint density at radius 2 is 1.95 bits per heavy atom. The third-order valence-corrected chi connectivity index (χ3v) is 2.58. The number of rotatable bonds is 5. The van der Waals surface area contributed by atoms with Gasteiger partial charge in [0.15, 0.2) is 5.69 Å². The third kappa shape index (κ3) is 3.26. The fourth-order valence-corrected chi connectivity index (χ4v) is 1.61. The van der Waals surface area contributed by atoms with Crippen LogP contribution in [-0.2, 0) is 0 Å². The van der Waals surface area contributed by atoms with Gasteiger partial charge in [0.05, 0.1) is 25.0 Å². The molecule has 1 atom stereocenters. The lowest BCUT2D eigenvalue weighted by atomic mass is 10.1. The highest BCUT2D eigenvalue weighted by atomic mass is 16.4. The van der Waals surface area contributed by atoms with E-state index in [2.05, 4.69) is 15.3 Å². The normalized spacial score (nSPS) is 11.8. The smallest absolute Gasteiger partial charge is 0.356 e. The third-order valence-electron chi connectivity index (χ3n) is 2.58. The number of aromatic carboxylic acids is 1. The first-order chi connectivity index (χ1) is 9.20. The van der Waals surface area contributed by atoms with Crippen molar-refractivity contribution < 1.29 is 15.0 Å². The second kappa shape index (κ2) is 5.92. The molecule has 2 rings (SSSR count). The molecule has 2 aromatic rings. The lowest BCUT2D eigenvalue weighted by Crippen LogP contribution is -2.16. The van der Waals surface area contributed by atoms with Gasteiger partial charge in [0.2, 0.25) is 0 Å². The van der Waals surface area contributed by atoms with E-state index in [9.17, 15) is 9.90 Å². The highest BCUT2D eigenvalue weighted by Gasteiger charge is 2.11. The standard InChI is InChI=1S/C13H13N3O3/c17-8-11(9-4-2-1-3-5-9)16-12-7-14-10(6-15-12)13(18)19/h1-7,11,17H,8H2,(H,15,16)(H,18,19). The molecule has 0 saturated heterocycles. The van der Waals surface area contributed by atoms with Crippen molar-refractivity contribution in [1.82, 2.24) is 9.97 Å². The average Bonchev–Trinajstić information content (AvgIpc) is 2.46. The van der Waals surface area contributed by atoms with Gasteiger partial charge >= 0.3 is 5.97 Å². The number of carbonyl (C=O) groups is 1. The van der Waals surface area contributed by atoms with Crippen molar-refractivity contribution >= 4 is 11.8 Å². The van der Waals surface area contributed by atoms with E-state index in [1.165, 1.54) is 12.4 Å². The molecule has 1 aromatic carbocycles. The van der Waals surface area contributed by atoms with Crippen LogP contribution >= 0.6 is 0 Å². The zero-order valence-corrected chi connectivity index (χ0v) is 10.0. The maximum Gasteiger partial charge on any atom is 0.356 e. The second-order valence-corrected chi connectivity index (χ2v) is 3.88. The van der Waals surface area contributed by atoms with Crippen molar-refractivity contribution in [2.45, 2.75) is 6.04 Å². The predicted molar refractivity (Wildman–Crippen MR) is 68.9 cm³/mol. The Morgan fingerprint density at radius 3 is 2.47 bits per heavy atom. The number of aromatic nitrogens is 2. The Labute approximate surface area is 109 Å². The van der Waals surface area contributed by atoms with Crippen LogP contribution in [0, 0.1) is 0 Å². The van der Waals surface area contributed by atoms with Crippen LogP contribution in [0.4, 0.5) is 5.82 Å². The van der Waals surface area contributed by atoms with Gasteiger partial charge in [0.25, 0.3) is 0 Å². The van der Waals surface area contributed by atoms with Crippen LogP contribution in [0.5, 0.6) is 0 Å². The van der Waals surface area contributed by atoms with Crippen molar-refractivity contribution in [3.63, 3.8) is 0 Å². The van der Waals surface area contributed by atoms with E-state index in [1.54, 1.807) is 0 Å². The van der Waals surface area contributed by atoms with E-state index in [-0.39, 0.29) is 18.3 Å². The summed E-state index contributed by atoms with van der Waals surface area (Å²) in [7, 11) is 0. The predicted octanol–water partition coefficient (Wildman–Crippen LogP) is 1.32. The molecule has 1 unspecified atom stereocenters. The number of aliphatic hydroxyl groups excluding tert-OH is 1. The van der Waals surface area contributed by atoms with E-state index in [0.29, 0.717) is 5.82 Å². The van der Waals surface area contributed by atoms with Gasteiger partial charge < -0.3 is 15.5 Å². The molecule has 0 bridgehead atoms. The molecule has 1 aromatic heterocycles. The summed E-state index contributed by atoms with van der Waals surface area (Å²) < 4.78 is 0. The molecule has 0 spiro atoms. The molecule has 6 heteroatoms. The van der Waals surface area contributed by atoms with Gasteiger partial charge in [-0.15, -0.1) is 0 Å². The monoisotopic (exact) mass is 259 g/mol. The molecule has 0 radical (unpaired) electrons. The molecule has 0 aliphatic carbocycles. The van der Waals surface area contributed by atoms with Crippen molar-refractivity contribution in [3.8, 4) is 0 Å². The first kappa shape index (κ1) is 13.0. The van der Waals surface area contributed by atoms with Gasteiger partial charge in [0.1, 0.15) is 5.82 Å². The van der Waals surface area contributed by atoms with Gasteiger partial charge in [-0.3, -0.25) is 0 Å². The summed E-state index contributed by atoms with van der Waals surface area (Å²) in [5.74, 6) is -0.714. The van der Waals surface area contributed by atoms with Gasteiger partial charge in [-0.05, 0) is 5.56 Å². The first-order valence-electron chi connectivity index (χ1n) is 5.68. The SMILES string of the molecule is O=C(O)c1cnc(NC(CO)c2ccccc2)cn1. The van der Waals surface area contributed by atoms with E-state index in [0.717, 1.165) is 5.56 Å². The Kier molecular flexibility index (Phi) is 4.04. The highest BCUT2D eigenvalue weighted by Crippen LogP contribution is 2.16. The van der Waals surface area contributed by atoms with Crippen LogP contribution < -0.4 is 5.32 Å². The van der Waals surface area contributed by atoms with Crippen LogP contribution in [0.1, 0.15) is 22.1 Å². The molecule has 0 amide bonds. The number of carboxylic acid groups (broad SMARTS) is 1. The number of nitrogens with zero attached hydrogens (tertiary/aromatic N) is 2. The highest BCUT2D eigenvalue weighted by molar-refractivity contribution is 5.84.